The first-order chi connectivity index (χ1) is 11.4. The third kappa shape index (κ3) is 4.68. The predicted octanol–water partition coefficient (Wildman–Crippen LogP) is 1.28. The van der Waals surface area contributed by atoms with Crippen LogP contribution in [0, 0.1) is 19.8 Å². The Kier molecular flexibility index (Phi) is 6.15. The van der Waals surface area contributed by atoms with Crippen molar-refractivity contribution in [2.24, 2.45) is 5.92 Å². The van der Waals surface area contributed by atoms with Crippen molar-refractivity contribution in [3.05, 3.63) is 47.3 Å². The van der Waals surface area contributed by atoms with Gasteiger partial charge in [0.1, 0.15) is 6.54 Å². The number of likely N-dealkylation sites (N-methyl/N-ethyl adjacent to an activating group) is 1. The minimum Gasteiger partial charge on any atom is -0.351 e. The molecule has 0 fully saturated rings. The zero-order valence-electron chi connectivity index (χ0n) is 15.4. The number of quaternary nitrogens is 1. The summed E-state index contributed by atoms with van der Waals surface area (Å²) < 4.78 is 1.98. The molecule has 2 rings (SSSR count). The molecule has 24 heavy (non-hydrogen) atoms. The first kappa shape index (κ1) is 18.2. The van der Waals surface area contributed by atoms with Gasteiger partial charge in [0.05, 0.1) is 29.7 Å². The summed E-state index contributed by atoms with van der Waals surface area (Å²) in [5.74, 6) is 0.579. The third-order valence-corrected chi connectivity index (χ3v) is 4.09. The van der Waals surface area contributed by atoms with Crippen molar-refractivity contribution in [3.8, 4) is 5.69 Å². The lowest BCUT2D eigenvalue weighted by molar-refractivity contribution is -0.885. The maximum Gasteiger partial charge on any atom is 0.275 e. The Hall–Kier alpha value is -2.14. The highest BCUT2D eigenvalue weighted by atomic mass is 16.2. The van der Waals surface area contributed by atoms with E-state index in [0.29, 0.717) is 12.5 Å². The molecule has 0 saturated heterocycles. The predicted molar refractivity (Wildman–Crippen MR) is 96.3 cm³/mol. The van der Waals surface area contributed by atoms with Gasteiger partial charge in [-0.2, -0.15) is 5.10 Å². The van der Waals surface area contributed by atoms with Crippen LogP contribution in [0.5, 0.6) is 0 Å². The minimum atomic E-state index is 0.104. The highest BCUT2D eigenvalue weighted by Gasteiger charge is 2.18. The van der Waals surface area contributed by atoms with E-state index < -0.39 is 0 Å². The molecule has 0 aliphatic heterocycles. The molecule has 1 unspecified atom stereocenters. The van der Waals surface area contributed by atoms with Crippen LogP contribution in [0.25, 0.3) is 5.69 Å². The maximum atomic E-state index is 12.0. The Morgan fingerprint density at radius 1 is 1.25 bits per heavy atom. The lowest BCUT2D eigenvalue weighted by atomic mass is 10.2. The van der Waals surface area contributed by atoms with Crippen molar-refractivity contribution in [3.63, 3.8) is 0 Å². The van der Waals surface area contributed by atoms with Gasteiger partial charge < -0.3 is 10.2 Å². The summed E-state index contributed by atoms with van der Waals surface area (Å²) in [6, 6.07) is 10.1. The number of carbonyl (C=O) groups excluding carboxylic acids is 1. The Balaban J connectivity index is 2.05. The molecule has 1 aromatic carbocycles. The highest BCUT2D eigenvalue weighted by Crippen LogP contribution is 2.16. The molecule has 0 saturated carbocycles. The Morgan fingerprint density at radius 2 is 1.92 bits per heavy atom. The van der Waals surface area contributed by atoms with Gasteiger partial charge in [-0.05, 0) is 31.9 Å². The number of aryl methyl sites for hydroxylation is 1. The molecule has 2 N–H and O–H groups in total. The monoisotopic (exact) mass is 329 g/mol. The maximum absolute atomic E-state index is 12.0. The van der Waals surface area contributed by atoms with Crippen molar-refractivity contribution in [1.82, 2.24) is 15.1 Å². The summed E-state index contributed by atoms with van der Waals surface area (Å²) in [7, 11) is 2.05. The smallest absolute Gasteiger partial charge is 0.275 e. The largest absolute Gasteiger partial charge is 0.351 e. The molecule has 0 bridgehead atoms. The van der Waals surface area contributed by atoms with Gasteiger partial charge in [-0.1, -0.05) is 32.0 Å². The van der Waals surface area contributed by atoms with Crippen LogP contribution in [0.4, 0.5) is 0 Å². The molecule has 1 atom stereocenters. The molecule has 1 heterocycles. The van der Waals surface area contributed by atoms with Gasteiger partial charge in [0.2, 0.25) is 0 Å². The molecule has 5 nitrogen and oxygen atoms in total. The zero-order chi connectivity index (χ0) is 17.7. The van der Waals surface area contributed by atoms with E-state index in [0.717, 1.165) is 35.1 Å². The zero-order valence-corrected chi connectivity index (χ0v) is 15.4. The molecule has 1 amide bonds. The minimum absolute atomic E-state index is 0.104. The van der Waals surface area contributed by atoms with Gasteiger partial charge >= 0.3 is 0 Å². The first-order valence-corrected chi connectivity index (χ1v) is 8.57. The van der Waals surface area contributed by atoms with Crippen LogP contribution in [0.1, 0.15) is 30.8 Å². The van der Waals surface area contributed by atoms with Gasteiger partial charge in [-0.25, -0.2) is 4.68 Å². The lowest BCUT2D eigenvalue weighted by Crippen LogP contribution is -3.09. The lowest BCUT2D eigenvalue weighted by Gasteiger charge is -2.15. The normalized spacial score (nSPS) is 12.4. The van der Waals surface area contributed by atoms with E-state index in [1.165, 1.54) is 5.56 Å². The highest BCUT2D eigenvalue weighted by molar-refractivity contribution is 5.76. The number of hydrogen-bond donors (Lipinski definition) is 2. The Bertz CT molecular complexity index is 676. The van der Waals surface area contributed by atoms with E-state index >= 15 is 0 Å². The molecule has 1 aromatic heterocycles. The first-order valence-electron chi connectivity index (χ1n) is 8.57. The van der Waals surface area contributed by atoms with Crippen molar-refractivity contribution in [2.75, 3.05) is 20.1 Å². The summed E-state index contributed by atoms with van der Waals surface area (Å²) >= 11 is 0. The van der Waals surface area contributed by atoms with E-state index in [-0.39, 0.29) is 5.91 Å². The number of carbonyl (C=O) groups is 1. The number of para-hydroxylation sites is 1. The second kappa shape index (κ2) is 8.11. The van der Waals surface area contributed by atoms with Crippen LogP contribution >= 0.6 is 0 Å². The second-order valence-electron chi connectivity index (χ2n) is 6.91. The number of nitrogens with one attached hydrogen (secondary N) is 2. The summed E-state index contributed by atoms with van der Waals surface area (Å²) in [6.45, 7) is 10.3. The summed E-state index contributed by atoms with van der Waals surface area (Å²) in [5.41, 5.74) is 4.45. The van der Waals surface area contributed by atoms with E-state index in [9.17, 15) is 4.79 Å². The summed E-state index contributed by atoms with van der Waals surface area (Å²) in [6.07, 6.45) is 0. The topological polar surface area (TPSA) is 51.4 Å². The fourth-order valence-electron chi connectivity index (χ4n) is 2.77. The number of amides is 1. The quantitative estimate of drug-likeness (QED) is 0.804. The van der Waals surface area contributed by atoms with E-state index in [4.69, 9.17) is 0 Å². The van der Waals surface area contributed by atoms with Crippen molar-refractivity contribution in [1.29, 1.82) is 0 Å². The number of aromatic nitrogens is 2. The summed E-state index contributed by atoms with van der Waals surface area (Å²) in [4.78, 5) is 13.2. The molecule has 130 valence electrons. The van der Waals surface area contributed by atoms with Gasteiger partial charge in [-0.15, -0.1) is 0 Å². The van der Waals surface area contributed by atoms with Gasteiger partial charge in [0.15, 0.2) is 6.54 Å². The Labute approximate surface area is 144 Å². The van der Waals surface area contributed by atoms with Crippen molar-refractivity contribution >= 4 is 5.91 Å². The van der Waals surface area contributed by atoms with Gasteiger partial charge in [0.25, 0.3) is 5.91 Å². The molecule has 0 radical (unpaired) electrons. The van der Waals surface area contributed by atoms with Crippen LogP contribution in [0.15, 0.2) is 30.3 Å². The molecular formula is C19H29N4O+. The molecule has 0 aliphatic carbocycles. The standard InChI is InChI=1S/C19H28N4O/c1-14(2)11-20-19(24)13-22(5)12-18-15(3)21-23(16(18)4)17-9-7-6-8-10-17/h6-10,14H,11-13H2,1-5H3,(H,20,24)/p+1. The van der Waals surface area contributed by atoms with Crippen LogP contribution in [0.3, 0.4) is 0 Å². The van der Waals surface area contributed by atoms with Crippen molar-refractivity contribution < 1.29 is 9.69 Å². The SMILES string of the molecule is Cc1nn(-c2ccccc2)c(C)c1C[NH+](C)CC(=O)NCC(C)C. The Morgan fingerprint density at radius 3 is 2.54 bits per heavy atom. The second-order valence-corrected chi connectivity index (χ2v) is 6.91. The number of nitrogens with zero attached hydrogens (tertiary/aromatic N) is 2. The van der Waals surface area contributed by atoms with Crippen LogP contribution < -0.4 is 10.2 Å². The molecule has 2 aromatic rings. The van der Waals surface area contributed by atoms with E-state index in [1.54, 1.807) is 0 Å². The number of benzene rings is 1. The number of hydrogen-bond acceptors (Lipinski definition) is 2. The van der Waals surface area contributed by atoms with E-state index in [2.05, 4.69) is 43.3 Å². The average Bonchev–Trinajstić information content (AvgIpc) is 2.82. The molecule has 0 spiro atoms. The molecular weight excluding hydrogens is 300 g/mol. The van der Waals surface area contributed by atoms with Crippen LogP contribution in [-0.2, 0) is 11.3 Å². The van der Waals surface area contributed by atoms with E-state index in [1.807, 2.05) is 36.9 Å². The van der Waals surface area contributed by atoms with Crippen molar-refractivity contribution in [2.45, 2.75) is 34.2 Å². The molecule has 0 aliphatic rings. The molecule has 5 heteroatoms. The van der Waals surface area contributed by atoms with Gasteiger partial charge in [-0.3, -0.25) is 4.79 Å². The fraction of sp³-hybridized carbons (Fsp3) is 0.474. The average molecular weight is 329 g/mol. The third-order valence-electron chi connectivity index (χ3n) is 4.09. The summed E-state index contributed by atoms with van der Waals surface area (Å²) in [5, 5.41) is 7.65. The number of rotatable bonds is 7. The van der Waals surface area contributed by atoms with Gasteiger partial charge in [0, 0.05) is 6.54 Å². The van der Waals surface area contributed by atoms with Crippen LogP contribution in [0.2, 0.25) is 0 Å². The fourth-order valence-corrected chi connectivity index (χ4v) is 2.77. The van der Waals surface area contributed by atoms with Crippen LogP contribution in [-0.4, -0.2) is 35.8 Å².